The molecule has 0 fully saturated rings. The van der Waals surface area contributed by atoms with Crippen molar-refractivity contribution in [2.24, 2.45) is 5.92 Å². The Balaban J connectivity index is 2.10. The summed E-state index contributed by atoms with van der Waals surface area (Å²) in [6, 6.07) is 9.99. The van der Waals surface area contributed by atoms with E-state index in [1.807, 2.05) is 0 Å². The van der Waals surface area contributed by atoms with Crippen LogP contribution in [0.15, 0.2) is 36.4 Å². The highest BCUT2D eigenvalue weighted by Gasteiger charge is 2.16. The first kappa shape index (κ1) is 19.9. The van der Waals surface area contributed by atoms with Gasteiger partial charge in [0.05, 0.1) is 18.7 Å². The number of ether oxygens (including phenoxy) is 2. The molecule has 2 aromatic carbocycles. The Labute approximate surface area is 158 Å². The summed E-state index contributed by atoms with van der Waals surface area (Å²) in [6.07, 6.45) is 0.891. The van der Waals surface area contributed by atoms with Crippen LogP contribution in [-0.2, 0) is 6.54 Å². The van der Waals surface area contributed by atoms with Crippen LogP contribution in [0, 0.1) is 5.92 Å². The van der Waals surface area contributed by atoms with Crippen LogP contribution in [0.5, 0.6) is 17.2 Å². The molecule has 0 saturated carbocycles. The van der Waals surface area contributed by atoms with E-state index in [4.69, 9.17) is 21.1 Å². The minimum absolute atomic E-state index is 0.136. The molecule has 2 N–H and O–H groups in total. The van der Waals surface area contributed by atoms with Gasteiger partial charge in [0.15, 0.2) is 11.5 Å². The zero-order valence-corrected chi connectivity index (χ0v) is 16.0. The molecule has 1 amide bonds. The molecule has 0 heterocycles. The number of amides is 1. The van der Waals surface area contributed by atoms with E-state index < -0.39 is 0 Å². The van der Waals surface area contributed by atoms with Crippen molar-refractivity contribution >= 4 is 17.5 Å². The Morgan fingerprint density at radius 1 is 1.27 bits per heavy atom. The fourth-order valence-corrected chi connectivity index (χ4v) is 2.59. The van der Waals surface area contributed by atoms with E-state index in [-0.39, 0.29) is 18.2 Å². The number of phenols is 1. The van der Waals surface area contributed by atoms with Gasteiger partial charge in [-0.1, -0.05) is 43.6 Å². The average Bonchev–Trinajstić information content (AvgIpc) is 2.61. The van der Waals surface area contributed by atoms with E-state index in [0.29, 0.717) is 40.2 Å². The van der Waals surface area contributed by atoms with Gasteiger partial charge >= 0.3 is 0 Å². The second-order valence-electron chi connectivity index (χ2n) is 6.33. The van der Waals surface area contributed by atoms with E-state index in [0.717, 1.165) is 6.42 Å². The molecule has 26 heavy (non-hydrogen) atoms. The number of hydrogen-bond donors (Lipinski definition) is 2. The Hall–Kier alpha value is -2.40. The number of hydrogen-bond acceptors (Lipinski definition) is 4. The van der Waals surface area contributed by atoms with E-state index in [1.54, 1.807) is 36.4 Å². The van der Waals surface area contributed by atoms with Crippen LogP contribution in [0.25, 0.3) is 0 Å². The minimum atomic E-state index is -0.317. The SMILES string of the molecule is COc1cc(C(=O)NCc2ccccc2O)cc(Cl)c1OCCC(C)C. The van der Waals surface area contributed by atoms with Crippen molar-refractivity contribution in [1.29, 1.82) is 0 Å². The van der Waals surface area contributed by atoms with E-state index in [9.17, 15) is 9.90 Å². The lowest BCUT2D eigenvalue weighted by atomic mass is 10.1. The number of rotatable bonds is 8. The lowest BCUT2D eigenvalue weighted by Gasteiger charge is -2.15. The van der Waals surface area contributed by atoms with E-state index >= 15 is 0 Å². The van der Waals surface area contributed by atoms with Crippen LogP contribution in [0.1, 0.15) is 36.2 Å². The van der Waals surface area contributed by atoms with Gasteiger partial charge in [-0.15, -0.1) is 0 Å². The molecule has 6 heteroatoms. The largest absolute Gasteiger partial charge is 0.508 e. The van der Waals surface area contributed by atoms with Crippen molar-refractivity contribution in [1.82, 2.24) is 5.32 Å². The predicted octanol–water partition coefficient (Wildman–Crippen LogP) is 4.41. The number of phenolic OH excluding ortho intramolecular Hbond substituents is 1. The number of carbonyl (C=O) groups excluding carboxylic acids is 1. The fourth-order valence-electron chi connectivity index (χ4n) is 2.33. The molecule has 0 aliphatic rings. The molecule has 0 aliphatic heterocycles. The van der Waals surface area contributed by atoms with Gasteiger partial charge in [-0.25, -0.2) is 0 Å². The molecule has 0 spiro atoms. The number of benzene rings is 2. The van der Waals surface area contributed by atoms with Crippen molar-refractivity contribution in [3.63, 3.8) is 0 Å². The Morgan fingerprint density at radius 2 is 2.00 bits per heavy atom. The third-order valence-corrected chi connectivity index (χ3v) is 4.14. The van der Waals surface area contributed by atoms with Gasteiger partial charge < -0.3 is 19.9 Å². The maximum Gasteiger partial charge on any atom is 0.251 e. The number of para-hydroxylation sites is 1. The van der Waals surface area contributed by atoms with E-state index in [2.05, 4.69) is 19.2 Å². The molecule has 0 bridgehead atoms. The average molecular weight is 378 g/mol. The maximum absolute atomic E-state index is 12.4. The van der Waals surface area contributed by atoms with Crippen molar-refractivity contribution in [3.8, 4) is 17.2 Å². The van der Waals surface area contributed by atoms with Crippen LogP contribution in [-0.4, -0.2) is 24.7 Å². The monoisotopic (exact) mass is 377 g/mol. The molecule has 0 atom stereocenters. The summed E-state index contributed by atoms with van der Waals surface area (Å²) in [5, 5.41) is 12.8. The minimum Gasteiger partial charge on any atom is -0.508 e. The van der Waals surface area contributed by atoms with Gasteiger partial charge in [-0.2, -0.15) is 0 Å². The molecule has 0 aromatic heterocycles. The van der Waals surface area contributed by atoms with Gasteiger partial charge in [0.2, 0.25) is 0 Å². The number of carbonyl (C=O) groups is 1. The molecule has 2 rings (SSSR count). The predicted molar refractivity (Wildman–Crippen MR) is 102 cm³/mol. The first-order valence-electron chi connectivity index (χ1n) is 8.47. The summed E-state index contributed by atoms with van der Waals surface area (Å²) in [5.74, 6) is 1.18. The van der Waals surface area contributed by atoms with Crippen molar-refractivity contribution in [2.45, 2.75) is 26.8 Å². The van der Waals surface area contributed by atoms with Gasteiger partial charge in [-0.3, -0.25) is 4.79 Å². The fraction of sp³-hybridized carbons (Fsp3) is 0.350. The second kappa shape index (κ2) is 9.34. The number of nitrogens with one attached hydrogen (secondary N) is 1. The van der Waals surface area contributed by atoms with Crippen molar-refractivity contribution in [2.75, 3.05) is 13.7 Å². The number of halogens is 1. The Bertz CT molecular complexity index is 761. The van der Waals surface area contributed by atoms with Crippen molar-refractivity contribution in [3.05, 3.63) is 52.5 Å². The summed E-state index contributed by atoms with van der Waals surface area (Å²) < 4.78 is 11.1. The highest BCUT2D eigenvalue weighted by molar-refractivity contribution is 6.32. The van der Waals surface area contributed by atoms with Crippen LogP contribution >= 0.6 is 11.6 Å². The Morgan fingerprint density at radius 3 is 2.65 bits per heavy atom. The molecule has 2 aromatic rings. The van der Waals surface area contributed by atoms with Gasteiger partial charge in [-0.05, 0) is 30.5 Å². The highest BCUT2D eigenvalue weighted by Crippen LogP contribution is 2.36. The summed E-state index contributed by atoms with van der Waals surface area (Å²) in [6.45, 7) is 4.95. The highest BCUT2D eigenvalue weighted by atomic mass is 35.5. The Kier molecular flexibility index (Phi) is 7.16. The topological polar surface area (TPSA) is 67.8 Å². The molecule has 140 valence electrons. The summed E-state index contributed by atoms with van der Waals surface area (Å²) in [7, 11) is 1.50. The van der Waals surface area contributed by atoms with Crippen LogP contribution < -0.4 is 14.8 Å². The molecule has 0 saturated heterocycles. The lowest BCUT2D eigenvalue weighted by molar-refractivity contribution is 0.0950. The third-order valence-electron chi connectivity index (χ3n) is 3.86. The zero-order valence-electron chi connectivity index (χ0n) is 15.2. The molecule has 0 radical (unpaired) electrons. The molecule has 0 unspecified atom stereocenters. The van der Waals surface area contributed by atoms with E-state index in [1.165, 1.54) is 7.11 Å². The lowest BCUT2D eigenvalue weighted by Crippen LogP contribution is -2.23. The quantitative estimate of drug-likeness (QED) is 0.715. The summed E-state index contributed by atoms with van der Waals surface area (Å²) >= 11 is 6.29. The van der Waals surface area contributed by atoms with Crippen molar-refractivity contribution < 1.29 is 19.4 Å². The van der Waals surface area contributed by atoms with Gasteiger partial charge in [0, 0.05) is 17.7 Å². The summed E-state index contributed by atoms with van der Waals surface area (Å²) in [5.41, 5.74) is 0.992. The van der Waals surface area contributed by atoms with Crippen LogP contribution in [0.2, 0.25) is 5.02 Å². The standard InChI is InChI=1S/C20H24ClNO4/c1-13(2)8-9-26-19-16(21)10-15(11-18(19)25-3)20(24)22-12-14-6-4-5-7-17(14)23/h4-7,10-11,13,23H,8-9,12H2,1-3H3,(H,22,24). The normalized spacial score (nSPS) is 10.7. The maximum atomic E-state index is 12.4. The molecule has 0 aliphatic carbocycles. The number of methoxy groups -OCH3 is 1. The number of aromatic hydroxyl groups is 1. The first-order chi connectivity index (χ1) is 12.4. The second-order valence-corrected chi connectivity index (χ2v) is 6.74. The van der Waals surface area contributed by atoms with Crippen LogP contribution in [0.3, 0.4) is 0 Å². The smallest absolute Gasteiger partial charge is 0.251 e. The van der Waals surface area contributed by atoms with Gasteiger partial charge in [0.1, 0.15) is 5.75 Å². The summed E-state index contributed by atoms with van der Waals surface area (Å²) in [4.78, 5) is 12.4. The van der Waals surface area contributed by atoms with Crippen LogP contribution in [0.4, 0.5) is 0 Å². The zero-order chi connectivity index (χ0) is 19.1. The third kappa shape index (κ3) is 5.30. The first-order valence-corrected chi connectivity index (χ1v) is 8.85. The molecular weight excluding hydrogens is 354 g/mol. The van der Waals surface area contributed by atoms with Gasteiger partial charge in [0.25, 0.3) is 5.91 Å². The molecule has 5 nitrogen and oxygen atoms in total. The molecular formula is C20H24ClNO4.